The molecule has 4 nitrogen and oxygen atoms in total. The number of carbonyl (C=O) groups excluding carboxylic acids is 1. The smallest absolute Gasteiger partial charge is 0.330 e. The molecule has 6 heteroatoms. The molecule has 1 N–H and O–H groups in total. The molecule has 0 aliphatic heterocycles. The van der Waals surface area contributed by atoms with Crippen molar-refractivity contribution in [3.05, 3.63) is 27.7 Å². The fourth-order valence-corrected chi connectivity index (χ4v) is 2.16. The van der Waals surface area contributed by atoms with Crippen molar-refractivity contribution in [2.45, 2.75) is 26.3 Å². The molecule has 0 bridgehead atoms. The quantitative estimate of drug-likeness (QED) is 0.665. The van der Waals surface area contributed by atoms with Crippen LogP contribution in [-0.4, -0.2) is 30.4 Å². The zero-order valence-corrected chi connectivity index (χ0v) is 13.1. The van der Waals surface area contributed by atoms with Crippen molar-refractivity contribution in [1.82, 2.24) is 0 Å². The summed E-state index contributed by atoms with van der Waals surface area (Å²) < 4.78 is 4.71. The lowest BCUT2D eigenvalue weighted by Gasteiger charge is -2.12. The van der Waals surface area contributed by atoms with Gasteiger partial charge in [-0.05, 0) is 24.5 Å². The number of halogens is 2. The van der Waals surface area contributed by atoms with E-state index in [9.17, 15) is 9.90 Å². The van der Waals surface area contributed by atoms with Crippen LogP contribution in [0.3, 0.4) is 0 Å². The van der Waals surface area contributed by atoms with Gasteiger partial charge in [-0.3, -0.25) is 4.99 Å². The fourth-order valence-electron chi connectivity index (χ4n) is 1.66. The minimum Gasteiger partial charge on any atom is -0.506 e. The average Bonchev–Trinajstić information content (AvgIpc) is 2.38. The topological polar surface area (TPSA) is 58.9 Å². The van der Waals surface area contributed by atoms with E-state index >= 15 is 0 Å². The number of benzene rings is 1. The third-order valence-corrected chi connectivity index (χ3v) is 3.13. The van der Waals surface area contributed by atoms with Crippen LogP contribution in [0.4, 0.5) is 0 Å². The van der Waals surface area contributed by atoms with Crippen LogP contribution in [0.1, 0.15) is 25.8 Å². The monoisotopic (exact) mass is 317 g/mol. The number of aromatic hydroxyl groups is 1. The maximum Gasteiger partial charge on any atom is 0.330 e. The summed E-state index contributed by atoms with van der Waals surface area (Å²) >= 11 is 11.7. The minimum absolute atomic E-state index is 0.118. The molecular weight excluding hydrogens is 301 g/mol. The van der Waals surface area contributed by atoms with Gasteiger partial charge in [0.05, 0.1) is 12.1 Å². The Morgan fingerprint density at radius 1 is 1.45 bits per heavy atom. The van der Waals surface area contributed by atoms with E-state index in [1.165, 1.54) is 25.5 Å². The highest BCUT2D eigenvalue weighted by Gasteiger charge is 2.19. The Morgan fingerprint density at radius 3 is 2.65 bits per heavy atom. The molecule has 20 heavy (non-hydrogen) atoms. The van der Waals surface area contributed by atoms with Gasteiger partial charge in [0.15, 0.2) is 0 Å². The first-order valence-electron chi connectivity index (χ1n) is 6.14. The Labute approximate surface area is 128 Å². The van der Waals surface area contributed by atoms with Crippen LogP contribution >= 0.6 is 23.2 Å². The number of esters is 1. The maximum atomic E-state index is 11.6. The summed E-state index contributed by atoms with van der Waals surface area (Å²) in [5, 5.41) is 10.3. The van der Waals surface area contributed by atoms with Crippen LogP contribution in [0.5, 0.6) is 5.75 Å². The molecular formula is C14H17Cl2NO3. The minimum atomic E-state index is -0.614. The largest absolute Gasteiger partial charge is 0.506 e. The van der Waals surface area contributed by atoms with E-state index in [4.69, 9.17) is 27.9 Å². The van der Waals surface area contributed by atoms with E-state index in [-0.39, 0.29) is 16.7 Å². The molecule has 110 valence electrons. The van der Waals surface area contributed by atoms with Crippen LogP contribution in [-0.2, 0) is 9.53 Å². The van der Waals surface area contributed by atoms with Crippen molar-refractivity contribution in [2.24, 2.45) is 10.9 Å². The second kappa shape index (κ2) is 7.50. The highest BCUT2D eigenvalue weighted by atomic mass is 35.5. The Hall–Kier alpha value is -1.26. The van der Waals surface area contributed by atoms with Crippen molar-refractivity contribution in [3.63, 3.8) is 0 Å². The van der Waals surface area contributed by atoms with E-state index in [1.54, 1.807) is 0 Å². The summed E-state index contributed by atoms with van der Waals surface area (Å²) in [6, 6.07) is 2.34. The van der Waals surface area contributed by atoms with Gasteiger partial charge in [-0.1, -0.05) is 37.0 Å². The molecule has 1 aromatic carbocycles. The Bertz CT molecular complexity index is 515. The summed E-state index contributed by atoms with van der Waals surface area (Å²) in [4.78, 5) is 15.8. The molecule has 0 aromatic heterocycles. The molecule has 0 heterocycles. The number of carbonyl (C=O) groups is 1. The SMILES string of the molecule is COC(=O)[C@@H](CC(C)C)N=Cc1cc(Cl)cc(Cl)c1O. The molecule has 0 fully saturated rings. The van der Waals surface area contributed by atoms with E-state index in [2.05, 4.69) is 4.99 Å². The number of phenolic OH excluding ortho intramolecular Hbond substituents is 1. The van der Waals surface area contributed by atoms with Crippen molar-refractivity contribution in [1.29, 1.82) is 0 Å². The molecule has 0 unspecified atom stereocenters. The van der Waals surface area contributed by atoms with Crippen molar-refractivity contribution in [2.75, 3.05) is 7.11 Å². The maximum absolute atomic E-state index is 11.6. The highest BCUT2D eigenvalue weighted by molar-refractivity contribution is 6.36. The first kappa shape index (κ1) is 16.8. The lowest BCUT2D eigenvalue weighted by Crippen LogP contribution is -2.22. The molecule has 0 amide bonds. The van der Waals surface area contributed by atoms with Crippen molar-refractivity contribution >= 4 is 35.4 Å². The summed E-state index contributed by atoms with van der Waals surface area (Å²) in [6.07, 6.45) is 1.94. The van der Waals surface area contributed by atoms with Gasteiger partial charge < -0.3 is 9.84 Å². The zero-order valence-electron chi connectivity index (χ0n) is 11.6. The van der Waals surface area contributed by atoms with Crippen LogP contribution in [0.15, 0.2) is 17.1 Å². The van der Waals surface area contributed by atoms with E-state index in [1.807, 2.05) is 13.8 Å². The van der Waals surface area contributed by atoms with Gasteiger partial charge in [-0.2, -0.15) is 0 Å². The van der Waals surface area contributed by atoms with E-state index in [0.29, 0.717) is 17.0 Å². The number of aliphatic imine (C=N–C) groups is 1. The number of ether oxygens (including phenoxy) is 1. The third kappa shape index (κ3) is 4.69. The van der Waals surface area contributed by atoms with Gasteiger partial charge in [-0.15, -0.1) is 0 Å². The standard InChI is InChI=1S/C14H17Cl2NO3/c1-8(2)4-12(14(19)20-3)17-7-9-5-10(15)6-11(16)13(9)18/h5-8,12,18H,4H2,1-3H3/t12-/m1/s1. The zero-order chi connectivity index (χ0) is 15.3. The molecule has 1 aromatic rings. The second-order valence-corrected chi connectivity index (χ2v) is 5.62. The van der Waals surface area contributed by atoms with Crippen LogP contribution < -0.4 is 0 Å². The lowest BCUT2D eigenvalue weighted by atomic mass is 10.0. The van der Waals surface area contributed by atoms with Gasteiger partial charge >= 0.3 is 5.97 Å². The van der Waals surface area contributed by atoms with Crippen LogP contribution in [0.2, 0.25) is 10.0 Å². The number of nitrogens with zero attached hydrogens (tertiary/aromatic N) is 1. The van der Waals surface area contributed by atoms with Crippen LogP contribution in [0.25, 0.3) is 0 Å². The lowest BCUT2D eigenvalue weighted by molar-refractivity contribution is -0.142. The summed E-state index contributed by atoms with van der Waals surface area (Å²) in [6.45, 7) is 3.97. The van der Waals surface area contributed by atoms with Crippen molar-refractivity contribution in [3.8, 4) is 5.75 Å². The predicted octanol–water partition coefficient (Wildman–Crippen LogP) is 3.71. The average molecular weight is 318 g/mol. The first-order valence-corrected chi connectivity index (χ1v) is 6.89. The number of hydrogen-bond donors (Lipinski definition) is 1. The molecule has 0 radical (unpaired) electrons. The van der Waals surface area contributed by atoms with E-state index in [0.717, 1.165) is 0 Å². The molecule has 1 atom stereocenters. The summed E-state index contributed by atoms with van der Waals surface area (Å²) in [5.41, 5.74) is 0.361. The molecule has 0 saturated carbocycles. The predicted molar refractivity (Wildman–Crippen MR) is 81.0 cm³/mol. The molecule has 0 spiro atoms. The molecule has 0 aliphatic carbocycles. The molecule has 0 saturated heterocycles. The van der Waals surface area contributed by atoms with Gasteiger partial charge in [0.1, 0.15) is 11.8 Å². The fraction of sp³-hybridized carbons (Fsp3) is 0.429. The van der Waals surface area contributed by atoms with E-state index < -0.39 is 12.0 Å². The van der Waals surface area contributed by atoms with Gasteiger partial charge in [0, 0.05) is 16.8 Å². The van der Waals surface area contributed by atoms with Gasteiger partial charge in [0.2, 0.25) is 0 Å². The third-order valence-electron chi connectivity index (χ3n) is 2.62. The van der Waals surface area contributed by atoms with Crippen molar-refractivity contribution < 1.29 is 14.6 Å². The summed E-state index contributed by atoms with van der Waals surface area (Å²) in [7, 11) is 1.32. The van der Waals surface area contributed by atoms with Gasteiger partial charge in [-0.25, -0.2) is 4.79 Å². The molecule has 1 rings (SSSR count). The number of hydrogen-bond acceptors (Lipinski definition) is 4. The van der Waals surface area contributed by atoms with Gasteiger partial charge in [0.25, 0.3) is 0 Å². The van der Waals surface area contributed by atoms with Crippen LogP contribution in [0, 0.1) is 5.92 Å². The highest BCUT2D eigenvalue weighted by Crippen LogP contribution is 2.30. The first-order chi connectivity index (χ1) is 9.35. The Morgan fingerprint density at radius 2 is 2.10 bits per heavy atom. The second-order valence-electron chi connectivity index (χ2n) is 4.77. The number of phenols is 1. The normalized spacial score (nSPS) is 12.9. The number of rotatable bonds is 5. The summed E-state index contributed by atoms with van der Waals surface area (Å²) in [5.74, 6) is -0.247. The number of methoxy groups -OCH3 is 1. The Balaban J connectivity index is 3.01. The molecule has 0 aliphatic rings. The Kier molecular flexibility index (Phi) is 6.30.